The lowest BCUT2D eigenvalue weighted by molar-refractivity contribution is 0.0983. The van der Waals surface area contributed by atoms with Gasteiger partial charge in [-0.25, -0.2) is 17.8 Å². The van der Waals surface area contributed by atoms with Gasteiger partial charge in [-0.1, -0.05) is 17.8 Å². The van der Waals surface area contributed by atoms with Crippen LogP contribution in [0.3, 0.4) is 0 Å². The summed E-state index contributed by atoms with van der Waals surface area (Å²) >= 11 is 1.20. The Morgan fingerprint density at radius 1 is 1.20 bits per heavy atom. The van der Waals surface area contributed by atoms with Crippen molar-refractivity contribution in [3.05, 3.63) is 78.0 Å². The summed E-state index contributed by atoms with van der Waals surface area (Å²) in [5.41, 5.74) is 0.897. The molecule has 2 aromatic carbocycles. The van der Waals surface area contributed by atoms with Crippen LogP contribution in [0.25, 0.3) is 10.2 Å². The first kappa shape index (κ1) is 23.7. The van der Waals surface area contributed by atoms with E-state index in [0.717, 1.165) is 19.3 Å². The van der Waals surface area contributed by atoms with E-state index in [9.17, 15) is 17.6 Å². The zero-order chi connectivity index (χ0) is 24.6. The van der Waals surface area contributed by atoms with Gasteiger partial charge in [0.25, 0.3) is 5.91 Å². The van der Waals surface area contributed by atoms with Crippen LogP contribution >= 0.6 is 11.3 Å². The lowest BCUT2D eigenvalue weighted by Crippen LogP contribution is -2.41. The molecule has 3 heterocycles. The molecule has 0 radical (unpaired) electrons. The highest BCUT2D eigenvalue weighted by molar-refractivity contribution is 7.89. The Balaban J connectivity index is 1.46. The molecule has 1 atom stereocenters. The van der Waals surface area contributed by atoms with Gasteiger partial charge in [-0.3, -0.25) is 9.69 Å². The molecule has 1 unspecified atom stereocenters. The van der Waals surface area contributed by atoms with Crippen molar-refractivity contribution in [3.8, 4) is 0 Å². The van der Waals surface area contributed by atoms with Gasteiger partial charge >= 0.3 is 0 Å². The highest BCUT2D eigenvalue weighted by Crippen LogP contribution is 2.32. The largest absolute Gasteiger partial charge is 0.467 e. The van der Waals surface area contributed by atoms with Crippen molar-refractivity contribution in [2.24, 2.45) is 0 Å². The van der Waals surface area contributed by atoms with Crippen molar-refractivity contribution < 1.29 is 22.0 Å². The third kappa shape index (κ3) is 4.73. The van der Waals surface area contributed by atoms with Gasteiger partial charge in [-0.2, -0.15) is 4.31 Å². The Morgan fingerprint density at radius 3 is 2.71 bits per heavy atom. The predicted molar refractivity (Wildman–Crippen MR) is 132 cm³/mol. The van der Waals surface area contributed by atoms with E-state index in [0.29, 0.717) is 33.2 Å². The van der Waals surface area contributed by atoms with E-state index < -0.39 is 10.0 Å². The first-order valence-electron chi connectivity index (χ1n) is 11.4. The molecule has 182 valence electrons. The molecule has 1 amide bonds. The number of thiazole rings is 1. The van der Waals surface area contributed by atoms with Crippen LogP contribution in [0, 0.1) is 5.82 Å². The molecule has 5 rings (SSSR count). The minimum absolute atomic E-state index is 0.0530. The summed E-state index contributed by atoms with van der Waals surface area (Å²) in [7, 11) is -3.64. The summed E-state index contributed by atoms with van der Waals surface area (Å²) in [5, 5.41) is 0.394. The van der Waals surface area contributed by atoms with Gasteiger partial charge in [0.1, 0.15) is 11.6 Å². The zero-order valence-electron chi connectivity index (χ0n) is 19.1. The van der Waals surface area contributed by atoms with Crippen LogP contribution in [0.5, 0.6) is 0 Å². The Labute approximate surface area is 206 Å². The average molecular weight is 514 g/mol. The first-order valence-corrected chi connectivity index (χ1v) is 13.6. The molecule has 0 aliphatic carbocycles. The molecule has 1 saturated heterocycles. The molecule has 0 saturated carbocycles. The summed E-state index contributed by atoms with van der Waals surface area (Å²) in [6.45, 7) is 2.55. The molecule has 0 N–H and O–H groups in total. The fraction of sp³-hybridized carbons (Fsp3) is 0.280. The van der Waals surface area contributed by atoms with Crippen molar-refractivity contribution in [1.82, 2.24) is 9.29 Å². The Kier molecular flexibility index (Phi) is 6.43. The topological polar surface area (TPSA) is 83.7 Å². The monoisotopic (exact) mass is 513 g/mol. The van der Waals surface area contributed by atoms with E-state index in [1.165, 1.54) is 63.2 Å². The van der Waals surface area contributed by atoms with Crippen LogP contribution in [0.2, 0.25) is 0 Å². The van der Waals surface area contributed by atoms with Gasteiger partial charge < -0.3 is 4.42 Å². The molecule has 0 spiro atoms. The van der Waals surface area contributed by atoms with E-state index in [1.807, 2.05) is 6.92 Å². The number of halogens is 1. The third-order valence-electron chi connectivity index (χ3n) is 6.16. The number of hydrogen-bond acceptors (Lipinski definition) is 6. The molecule has 1 aliphatic heterocycles. The fourth-order valence-corrected chi connectivity index (χ4v) is 6.96. The summed E-state index contributed by atoms with van der Waals surface area (Å²) in [6.07, 6.45) is 4.22. The van der Waals surface area contributed by atoms with Crippen LogP contribution in [0.15, 0.2) is 70.2 Å². The molecule has 1 fully saturated rings. The predicted octanol–water partition coefficient (Wildman–Crippen LogP) is 5.44. The van der Waals surface area contributed by atoms with Crippen molar-refractivity contribution in [2.45, 2.75) is 43.7 Å². The number of carbonyl (C=O) groups excluding carboxylic acids is 1. The van der Waals surface area contributed by atoms with Crippen LogP contribution in [0.4, 0.5) is 9.52 Å². The number of amides is 1. The second-order valence-electron chi connectivity index (χ2n) is 8.56. The van der Waals surface area contributed by atoms with Crippen molar-refractivity contribution >= 4 is 42.6 Å². The van der Waals surface area contributed by atoms with Gasteiger partial charge in [0.15, 0.2) is 5.13 Å². The average Bonchev–Trinajstić information content (AvgIpc) is 3.52. The van der Waals surface area contributed by atoms with E-state index in [2.05, 4.69) is 4.98 Å². The zero-order valence-corrected chi connectivity index (χ0v) is 20.7. The van der Waals surface area contributed by atoms with Gasteiger partial charge in [0, 0.05) is 18.2 Å². The summed E-state index contributed by atoms with van der Waals surface area (Å²) in [4.78, 5) is 19.7. The standard InChI is InChI=1S/C25H24FN3O4S2/c1-17-5-2-3-13-29(17)35(31,32)21-10-7-18(8-11-21)24(30)28(16-20-6-4-14-33-20)25-27-22-12-9-19(26)15-23(22)34-25/h4,6-12,14-15,17H,2-3,5,13,16H2,1H3. The molecule has 4 aromatic rings. The highest BCUT2D eigenvalue weighted by atomic mass is 32.2. The Morgan fingerprint density at radius 2 is 2.00 bits per heavy atom. The molecule has 1 aliphatic rings. The number of furan rings is 1. The Bertz CT molecular complexity index is 1450. The van der Waals surface area contributed by atoms with Gasteiger partial charge in [-0.15, -0.1) is 0 Å². The number of carbonyl (C=O) groups is 1. The maximum absolute atomic E-state index is 13.7. The lowest BCUT2D eigenvalue weighted by Gasteiger charge is -2.32. The first-order chi connectivity index (χ1) is 16.8. The minimum atomic E-state index is -3.64. The number of aromatic nitrogens is 1. The quantitative estimate of drug-likeness (QED) is 0.343. The number of fused-ring (bicyclic) bond motifs is 1. The van der Waals surface area contributed by atoms with Crippen LogP contribution in [0.1, 0.15) is 42.3 Å². The second-order valence-corrected chi connectivity index (χ2v) is 11.5. The third-order valence-corrected chi connectivity index (χ3v) is 9.23. The number of anilines is 1. The number of rotatable bonds is 6. The van der Waals surface area contributed by atoms with Crippen LogP contribution in [-0.4, -0.2) is 36.2 Å². The normalized spacial score (nSPS) is 17.0. The lowest BCUT2D eigenvalue weighted by atomic mass is 10.1. The number of benzene rings is 2. The second kappa shape index (κ2) is 9.52. The van der Waals surface area contributed by atoms with E-state index in [1.54, 1.807) is 18.2 Å². The summed E-state index contributed by atoms with van der Waals surface area (Å²) < 4.78 is 47.6. The van der Waals surface area contributed by atoms with Crippen LogP contribution in [-0.2, 0) is 16.6 Å². The molecular weight excluding hydrogens is 489 g/mol. The van der Waals surface area contributed by atoms with Crippen molar-refractivity contribution in [2.75, 3.05) is 11.4 Å². The number of nitrogens with zero attached hydrogens (tertiary/aromatic N) is 3. The molecule has 0 bridgehead atoms. The Hall–Kier alpha value is -3.08. The molecule has 7 nitrogen and oxygen atoms in total. The maximum Gasteiger partial charge on any atom is 0.260 e. The highest BCUT2D eigenvalue weighted by Gasteiger charge is 2.31. The summed E-state index contributed by atoms with van der Waals surface area (Å²) in [6, 6.07) is 13.7. The summed E-state index contributed by atoms with van der Waals surface area (Å²) in [5.74, 6) is -0.185. The smallest absolute Gasteiger partial charge is 0.260 e. The van der Waals surface area contributed by atoms with Crippen LogP contribution < -0.4 is 4.90 Å². The fourth-order valence-electron chi connectivity index (χ4n) is 4.28. The molecule has 2 aromatic heterocycles. The van der Waals surface area contributed by atoms with Crippen molar-refractivity contribution in [3.63, 3.8) is 0 Å². The molecular formula is C25H24FN3O4S2. The van der Waals surface area contributed by atoms with Gasteiger partial charge in [0.2, 0.25) is 10.0 Å². The number of piperidine rings is 1. The van der Waals surface area contributed by atoms with E-state index >= 15 is 0 Å². The van der Waals surface area contributed by atoms with Gasteiger partial charge in [0.05, 0.1) is 27.9 Å². The van der Waals surface area contributed by atoms with E-state index in [-0.39, 0.29) is 29.2 Å². The molecule has 10 heteroatoms. The van der Waals surface area contributed by atoms with E-state index in [4.69, 9.17) is 4.42 Å². The number of sulfonamides is 1. The maximum atomic E-state index is 13.7. The minimum Gasteiger partial charge on any atom is -0.467 e. The van der Waals surface area contributed by atoms with Crippen molar-refractivity contribution in [1.29, 1.82) is 0 Å². The SMILES string of the molecule is CC1CCCCN1S(=O)(=O)c1ccc(C(=O)N(Cc2ccco2)c2nc3ccc(F)cc3s2)cc1. The number of hydrogen-bond donors (Lipinski definition) is 0. The molecule has 35 heavy (non-hydrogen) atoms. The van der Waals surface area contributed by atoms with Gasteiger partial charge in [-0.05, 0) is 74.4 Å².